The highest BCUT2D eigenvalue weighted by Crippen LogP contribution is 2.51. The van der Waals surface area contributed by atoms with E-state index in [4.69, 9.17) is 10.5 Å². The van der Waals surface area contributed by atoms with Crippen LogP contribution in [0.3, 0.4) is 0 Å². The minimum atomic E-state index is -0.499. The van der Waals surface area contributed by atoms with Crippen molar-refractivity contribution in [1.29, 1.82) is 0 Å². The van der Waals surface area contributed by atoms with Gasteiger partial charge in [-0.15, -0.1) is 0 Å². The highest BCUT2D eigenvalue weighted by molar-refractivity contribution is 6.10. The molecule has 1 fully saturated rings. The van der Waals surface area contributed by atoms with Crippen LogP contribution in [0.5, 0.6) is 5.75 Å². The molecular weight excluding hydrogens is 178 g/mol. The molecule has 1 saturated carbocycles. The summed E-state index contributed by atoms with van der Waals surface area (Å²) < 4.78 is 5.70. The molecule has 2 aliphatic rings. The van der Waals surface area contributed by atoms with E-state index in [1.807, 2.05) is 13.0 Å². The number of fused-ring (bicyclic) bond motifs is 1. The molecule has 2 N–H and O–H groups in total. The first-order chi connectivity index (χ1) is 6.62. The van der Waals surface area contributed by atoms with Crippen LogP contribution in [-0.4, -0.2) is 11.4 Å². The zero-order chi connectivity index (χ0) is 9.92. The van der Waals surface area contributed by atoms with Crippen molar-refractivity contribution < 1.29 is 9.53 Å². The van der Waals surface area contributed by atoms with Gasteiger partial charge in [-0.2, -0.15) is 0 Å². The van der Waals surface area contributed by atoms with Crippen LogP contribution in [-0.2, 0) is 0 Å². The van der Waals surface area contributed by atoms with Crippen LogP contribution < -0.4 is 10.5 Å². The summed E-state index contributed by atoms with van der Waals surface area (Å²) >= 11 is 0. The van der Waals surface area contributed by atoms with E-state index in [0.717, 1.165) is 24.2 Å². The summed E-state index contributed by atoms with van der Waals surface area (Å²) in [6.07, 6.45) is 1.69. The van der Waals surface area contributed by atoms with Gasteiger partial charge in [0, 0.05) is 5.69 Å². The van der Waals surface area contributed by atoms with Crippen LogP contribution in [0.15, 0.2) is 12.1 Å². The van der Waals surface area contributed by atoms with Gasteiger partial charge in [-0.25, -0.2) is 0 Å². The standard InChI is InChI=1S/C11H11NO2/c1-6-4-7(12)5-8-9(6)14-11(2-3-11)10(8)13/h4-5H,2-3,12H2,1H3. The number of hydrogen-bond donors (Lipinski definition) is 1. The van der Waals surface area contributed by atoms with Crippen molar-refractivity contribution in [3.05, 3.63) is 23.3 Å². The quantitative estimate of drug-likeness (QED) is 0.632. The van der Waals surface area contributed by atoms with Gasteiger partial charge in [0.15, 0.2) is 5.60 Å². The molecule has 14 heavy (non-hydrogen) atoms. The minimum absolute atomic E-state index is 0.114. The van der Waals surface area contributed by atoms with Crippen molar-refractivity contribution in [1.82, 2.24) is 0 Å². The predicted octanol–water partition coefficient (Wildman–Crippen LogP) is 1.68. The van der Waals surface area contributed by atoms with Crippen LogP contribution in [0.2, 0.25) is 0 Å². The number of nitrogen functional groups attached to an aromatic ring is 1. The highest BCUT2D eigenvalue weighted by atomic mass is 16.5. The van der Waals surface area contributed by atoms with E-state index in [-0.39, 0.29) is 5.78 Å². The number of ketones is 1. The number of nitrogens with two attached hydrogens (primary N) is 1. The number of Topliss-reactive ketones (excluding diaryl/α,β-unsaturated/α-hetero) is 1. The number of anilines is 1. The van der Waals surface area contributed by atoms with E-state index in [0.29, 0.717) is 11.3 Å². The van der Waals surface area contributed by atoms with Gasteiger partial charge in [0.2, 0.25) is 5.78 Å². The third-order valence-electron chi connectivity index (χ3n) is 2.96. The van der Waals surface area contributed by atoms with Crippen molar-refractivity contribution in [2.75, 3.05) is 5.73 Å². The first-order valence-corrected chi connectivity index (χ1v) is 4.76. The Morgan fingerprint density at radius 2 is 2.14 bits per heavy atom. The zero-order valence-electron chi connectivity index (χ0n) is 7.96. The average Bonchev–Trinajstić information content (AvgIpc) is 2.83. The summed E-state index contributed by atoms with van der Waals surface area (Å²) in [6.45, 7) is 1.92. The smallest absolute Gasteiger partial charge is 0.210 e. The topological polar surface area (TPSA) is 52.3 Å². The van der Waals surface area contributed by atoms with Gasteiger partial charge in [-0.05, 0) is 37.5 Å². The Morgan fingerprint density at radius 1 is 1.43 bits per heavy atom. The molecule has 1 aliphatic carbocycles. The Hall–Kier alpha value is -1.51. The van der Waals surface area contributed by atoms with Crippen molar-refractivity contribution in [3.63, 3.8) is 0 Å². The lowest BCUT2D eigenvalue weighted by molar-refractivity contribution is 0.0820. The summed E-state index contributed by atoms with van der Waals surface area (Å²) in [6, 6.07) is 3.56. The first-order valence-electron chi connectivity index (χ1n) is 4.76. The lowest BCUT2D eigenvalue weighted by Crippen LogP contribution is -2.21. The number of benzene rings is 1. The van der Waals surface area contributed by atoms with Gasteiger partial charge in [0.05, 0.1) is 5.56 Å². The van der Waals surface area contributed by atoms with Gasteiger partial charge in [-0.3, -0.25) is 4.79 Å². The van der Waals surface area contributed by atoms with Crippen molar-refractivity contribution in [3.8, 4) is 5.75 Å². The fourth-order valence-electron chi connectivity index (χ4n) is 2.04. The number of aryl methyl sites for hydroxylation is 1. The molecule has 0 saturated heterocycles. The molecule has 72 valence electrons. The van der Waals surface area contributed by atoms with E-state index >= 15 is 0 Å². The Morgan fingerprint density at radius 3 is 2.79 bits per heavy atom. The maximum atomic E-state index is 11.9. The SMILES string of the molecule is Cc1cc(N)cc2c1OC1(CC1)C2=O. The number of ether oxygens (including phenoxy) is 1. The number of carbonyl (C=O) groups excluding carboxylic acids is 1. The third kappa shape index (κ3) is 0.794. The normalized spacial score (nSPS) is 20.8. The number of rotatable bonds is 0. The Kier molecular flexibility index (Phi) is 1.18. The first kappa shape index (κ1) is 7.85. The molecule has 1 heterocycles. The van der Waals surface area contributed by atoms with Crippen LogP contribution in [0.4, 0.5) is 5.69 Å². The Bertz CT molecular complexity index is 447. The molecule has 1 spiro atoms. The largest absolute Gasteiger partial charge is 0.478 e. The lowest BCUT2D eigenvalue weighted by atomic mass is 10.0. The molecule has 0 amide bonds. The molecule has 0 aromatic heterocycles. The van der Waals surface area contributed by atoms with Gasteiger partial charge < -0.3 is 10.5 Å². The molecule has 0 bridgehead atoms. The summed E-state index contributed by atoms with van der Waals surface area (Å²) in [4.78, 5) is 11.9. The molecule has 3 heteroatoms. The van der Waals surface area contributed by atoms with E-state index in [1.54, 1.807) is 6.07 Å². The maximum Gasteiger partial charge on any atom is 0.210 e. The minimum Gasteiger partial charge on any atom is -0.478 e. The van der Waals surface area contributed by atoms with Crippen molar-refractivity contribution in [2.24, 2.45) is 0 Å². The van der Waals surface area contributed by atoms with Crippen LogP contribution in [0.25, 0.3) is 0 Å². The summed E-state index contributed by atoms with van der Waals surface area (Å²) in [7, 11) is 0. The molecule has 1 aliphatic heterocycles. The van der Waals surface area contributed by atoms with Gasteiger partial charge in [0.1, 0.15) is 5.75 Å². The summed E-state index contributed by atoms with van der Waals surface area (Å²) in [5, 5.41) is 0. The zero-order valence-corrected chi connectivity index (χ0v) is 7.96. The maximum absolute atomic E-state index is 11.9. The second kappa shape index (κ2) is 2.11. The molecule has 1 aromatic carbocycles. The van der Waals surface area contributed by atoms with E-state index in [1.165, 1.54) is 0 Å². The molecule has 0 unspecified atom stereocenters. The molecule has 1 aromatic rings. The number of carbonyl (C=O) groups is 1. The molecule has 3 rings (SSSR count). The van der Waals surface area contributed by atoms with Crippen LogP contribution in [0, 0.1) is 6.92 Å². The second-order valence-electron chi connectivity index (χ2n) is 4.14. The highest BCUT2D eigenvalue weighted by Gasteiger charge is 2.58. The molecule has 3 nitrogen and oxygen atoms in total. The molecular formula is C11H11NO2. The van der Waals surface area contributed by atoms with Gasteiger partial charge in [-0.1, -0.05) is 0 Å². The van der Waals surface area contributed by atoms with Gasteiger partial charge in [0.25, 0.3) is 0 Å². The van der Waals surface area contributed by atoms with Gasteiger partial charge >= 0.3 is 0 Å². The van der Waals surface area contributed by atoms with E-state index in [2.05, 4.69) is 0 Å². The predicted molar refractivity (Wildman–Crippen MR) is 52.5 cm³/mol. The van der Waals surface area contributed by atoms with Crippen LogP contribution >= 0.6 is 0 Å². The van der Waals surface area contributed by atoms with Crippen molar-refractivity contribution >= 4 is 11.5 Å². The monoisotopic (exact) mass is 189 g/mol. The average molecular weight is 189 g/mol. The van der Waals surface area contributed by atoms with E-state index < -0.39 is 5.60 Å². The Balaban J connectivity index is 2.23. The molecule has 0 atom stereocenters. The second-order valence-corrected chi connectivity index (χ2v) is 4.14. The number of hydrogen-bond acceptors (Lipinski definition) is 3. The van der Waals surface area contributed by atoms with E-state index in [9.17, 15) is 4.79 Å². The summed E-state index contributed by atoms with van der Waals surface area (Å²) in [5.74, 6) is 0.851. The molecule has 0 radical (unpaired) electrons. The Labute approximate surface area is 81.9 Å². The summed E-state index contributed by atoms with van der Waals surface area (Å²) in [5.41, 5.74) is 7.45. The lowest BCUT2D eigenvalue weighted by Gasteiger charge is -2.06. The third-order valence-corrected chi connectivity index (χ3v) is 2.96. The fourth-order valence-corrected chi connectivity index (χ4v) is 2.04. The fraction of sp³-hybridized carbons (Fsp3) is 0.364. The van der Waals surface area contributed by atoms with Crippen LogP contribution in [0.1, 0.15) is 28.8 Å². The van der Waals surface area contributed by atoms with Crippen molar-refractivity contribution in [2.45, 2.75) is 25.4 Å².